The van der Waals surface area contributed by atoms with E-state index in [1.165, 1.54) is 90.3 Å². The van der Waals surface area contributed by atoms with E-state index in [-0.39, 0.29) is 5.54 Å². The Labute approximate surface area is 232 Å². The molecule has 0 unspecified atom stereocenters. The van der Waals surface area contributed by atoms with E-state index in [1.54, 1.807) is 6.33 Å². The third kappa shape index (κ3) is 8.04. The topological polar surface area (TPSA) is 82.3 Å². The van der Waals surface area contributed by atoms with Gasteiger partial charge >= 0.3 is 0 Å². The van der Waals surface area contributed by atoms with Crippen molar-refractivity contribution in [3.05, 3.63) is 12.4 Å². The first kappa shape index (κ1) is 28.1. The van der Waals surface area contributed by atoms with Crippen LogP contribution in [-0.2, 0) is 0 Å². The third-order valence-corrected chi connectivity index (χ3v) is 10.3. The number of nitrogens with two attached hydrogens (primary N) is 1. The van der Waals surface area contributed by atoms with Crippen LogP contribution in [0, 0.1) is 17.3 Å². The minimum absolute atomic E-state index is 0.108. The molecular weight excluding hydrogens is 470 g/mol. The molecule has 0 radical (unpaired) electrons. The third-order valence-electron chi connectivity index (χ3n) is 10.3. The Hall–Kier alpha value is -1.44. The van der Waals surface area contributed by atoms with E-state index in [0.717, 1.165) is 62.5 Å². The normalized spacial score (nSPS) is 28.8. The first-order chi connectivity index (χ1) is 18.4. The molecule has 4 aliphatic rings. The lowest BCUT2D eigenvalue weighted by Gasteiger charge is -2.42. The summed E-state index contributed by atoms with van der Waals surface area (Å²) in [6, 6.07) is 2.78. The van der Waals surface area contributed by atoms with E-state index in [4.69, 9.17) is 5.73 Å². The predicted octanol–water partition coefficient (Wildman–Crippen LogP) is 5.04. The van der Waals surface area contributed by atoms with Crippen LogP contribution in [0.5, 0.6) is 0 Å². The van der Waals surface area contributed by atoms with E-state index < -0.39 is 0 Å². The fraction of sp³-hybridized carbons (Fsp3) is 0.871. The minimum Gasteiger partial charge on any atom is -0.370 e. The molecule has 1 aromatic rings. The first-order valence-electron chi connectivity index (χ1n) is 15.9. The Morgan fingerprint density at radius 3 is 2.29 bits per heavy atom. The van der Waals surface area contributed by atoms with Gasteiger partial charge in [0.25, 0.3) is 0 Å². The van der Waals surface area contributed by atoms with Crippen molar-refractivity contribution in [3.63, 3.8) is 0 Å². The zero-order valence-corrected chi connectivity index (χ0v) is 24.4. The van der Waals surface area contributed by atoms with Gasteiger partial charge in [0.2, 0.25) is 0 Å². The number of hydrogen-bond donors (Lipinski definition) is 3. The lowest BCUT2D eigenvalue weighted by atomic mass is 9.81. The Morgan fingerprint density at radius 1 is 0.868 bits per heavy atom. The van der Waals surface area contributed by atoms with E-state index in [2.05, 4.69) is 50.3 Å². The predicted molar refractivity (Wildman–Crippen MR) is 159 cm³/mol. The lowest BCUT2D eigenvalue weighted by Crippen LogP contribution is -2.57. The highest BCUT2D eigenvalue weighted by Gasteiger charge is 2.33. The van der Waals surface area contributed by atoms with Crippen LogP contribution in [0.4, 0.5) is 11.6 Å². The van der Waals surface area contributed by atoms with Crippen LogP contribution in [0.3, 0.4) is 0 Å². The van der Waals surface area contributed by atoms with Gasteiger partial charge in [0.1, 0.15) is 18.0 Å². The molecule has 0 bridgehead atoms. The van der Waals surface area contributed by atoms with Crippen molar-refractivity contribution in [1.29, 1.82) is 0 Å². The van der Waals surface area contributed by atoms with Crippen molar-refractivity contribution < 1.29 is 0 Å². The fourth-order valence-corrected chi connectivity index (χ4v) is 7.22. The number of likely N-dealkylation sites (tertiary alicyclic amines) is 1. The van der Waals surface area contributed by atoms with Gasteiger partial charge in [-0.3, -0.25) is 0 Å². The molecule has 0 amide bonds. The van der Waals surface area contributed by atoms with Gasteiger partial charge in [0.05, 0.1) is 0 Å². The number of nitrogens with one attached hydrogen (secondary N) is 2. The number of nitrogens with zero attached hydrogens (tertiary/aromatic N) is 4. The van der Waals surface area contributed by atoms with Crippen molar-refractivity contribution in [2.45, 2.75) is 109 Å². The van der Waals surface area contributed by atoms with Gasteiger partial charge < -0.3 is 26.2 Å². The molecule has 38 heavy (non-hydrogen) atoms. The summed E-state index contributed by atoms with van der Waals surface area (Å²) in [5, 5.41) is 7.47. The van der Waals surface area contributed by atoms with Gasteiger partial charge in [-0.05, 0) is 94.5 Å². The molecule has 4 fully saturated rings. The van der Waals surface area contributed by atoms with Gasteiger partial charge in [-0.1, -0.05) is 33.1 Å². The zero-order valence-electron chi connectivity index (χ0n) is 24.4. The second-order valence-corrected chi connectivity index (χ2v) is 14.1. The van der Waals surface area contributed by atoms with E-state index >= 15 is 0 Å². The molecule has 4 N–H and O–H groups in total. The summed E-state index contributed by atoms with van der Waals surface area (Å²) < 4.78 is 0. The second-order valence-electron chi connectivity index (χ2n) is 14.1. The summed E-state index contributed by atoms with van der Waals surface area (Å²) in [6.07, 6.45) is 18.7. The SMILES string of the molecule is CC1(C)CCN(CC2CCC(NCC3(N)CCN(c4cc(NCC5CCCCC5)ncn4)CC3)CC2)CC1. The summed E-state index contributed by atoms with van der Waals surface area (Å²) in [5.41, 5.74) is 7.35. The molecule has 2 saturated carbocycles. The van der Waals surface area contributed by atoms with Crippen molar-refractivity contribution >= 4 is 11.6 Å². The Balaban J connectivity index is 0.997. The molecule has 0 atom stereocenters. The van der Waals surface area contributed by atoms with Gasteiger partial charge in [0, 0.05) is 50.4 Å². The van der Waals surface area contributed by atoms with Gasteiger partial charge in [-0.2, -0.15) is 0 Å². The van der Waals surface area contributed by atoms with E-state index in [1.807, 2.05) is 0 Å². The van der Waals surface area contributed by atoms with E-state index in [0.29, 0.717) is 11.5 Å². The summed E-state index contributed by atoms with van der Waals surface area (Å²) in [4.78, 5) is 14.2. The molecule has 0 spiro atoms. The van der Waals surface area contributed by atoms with Crippen LogP contribution in [0.2, 0.25) is 0 Å². The molecule has 1 aromatic heterocycles. The molecule has 2 aliphatic carbocycles. The lowest BCUT2D eigenvalue weighted by molar-refractivity contribution is 0.105. The van der Waals surface area contributed by atoms with Crippen LogP contribution in [0.15, 0.2) is 12.4 Å². The number of anilines is 2. The fourth-order valence-electron chi connectivity index (χ4n) is 7.22. The average Bonchev–Trinajstić information content (AvgIpc) is 2.94. The van der Waals surface area contributed by atoms with Gasteiger partial charge in [-0.15, -0.1) is 0 Å². The van der Waals surface area contributed by atoms with Crippen LogP contribution in [-0.4, -0.2) is 72.3 Å². The highest BCUT2D eigenvalue weighted by Crippen LogP contribution is 2.32. The highest BCUT2D eigenvalue weighted by atomic mass is 15.2. The molecule has 5 rings (SSSR count). The number of rotatable bonds is 9. The largest absolute Gasteiger partial charge is 0.370 e. The zero-order chi connectivity index (χ0) is 26.4. The Kier molecular flexibility index (Phi) is 9.48. The van der Waals surface area contributed by atoms with Crippen LogP contribution < -0.4 is 21.3 Å². The van der Waals surface area contributed by atoms with Crippen molar-refractivity contribution in [2.24, 2.45) is 23.0 Å². The van der Waals surface area contributed by atoms with Crippen molar-refractivity contribution in [3.8, 4) is 0 Å². The molecule has 7 nitrogen and oxygen atoms in total. The Morgan fingerprint density at radius 2 is 1.58 bits per heavy atom. The van der Waals surface area contributed by atoms with Crippen LogP contribution in [0.1, 0.15) is 97.3 Å². The first-order valence-corrected chi connectivity index (χ1v) is 15.9. The Bertz CT molecular complexity index is 842. The minimum atomic E-state index is -0.108. The van der Waals surface area contributed by atoms with Crippen molar-refractivity contribution in [1.82, 2.24) is 20.2 Å². The summed E-state index contributed by atoms with van der Waals surface area (Å²) in [5.74, 6) is 3.68. The number of aromatic nitrogens is 2. The molecule has 2 aliphatic heterocycles. The maximum Gasteiger partial charge on any atom is 0.134 e. The van der Waals surface area contributed by atoms with Gasteiger partial charge in [-0.25, -0.2) is 9.97 Å². The summed E-state index contributed by atoms with van der Waals surface area (Å²) in [7, 11) is 0. The van der Waals surface area contributed by atoms with E-state index in [9.17, 15) is 0 Å². The summed E-state index contributed by atoms with van der Waals surface area (Å²) >= 11 is 0. The van der Waals surface area contributed by atoms with Gasteiger partial charge in [0.15, 0.2) is 0 Å². The molecular formula is C31H55N7. The molecule has 3 heterocycles. The maximum absolute atomic E-state index is 6.91. The molecule has 214 valence electrons. The molecule has 7 heteroatoms. The van der Waals surface area contributed by atoms with Crippen LogP contribution in [0.25, 0.3) is 0 Å². The highest BCUT2D eigenvalue weighted by molar-refractivity contribution is 5.49. The molecule has 0 aromatic carbocycles. The number of piperidine rings is 2. The maximum atomic E-state index is 6.91. The standard InChI is InChI=1S/C31H55N7/c1-30(2)12-16-37(17-13-30)22-26-8-10-27(11-9-26)34-23-31(32)14-18-38(19-15-31)29-20-28(35-24-36-29)33-21-25-6-4-3-5-7-25/h20,24-27,34H,3-19,21-23,32H2,1-2H3,(H,33,35,36). The smallest absolute Gasteiger partial charge is 0.134 e. The quantitative estimate of drug-likeness (QED) is 0.417. The summed E-state index contributed by atoms with van der Waals surface area (Å²) in [6.45, 7) is 12.7. The number of hydrogen-bond acceptors (Lipinski definition) is 7. The second kappa shape index (κ2) is 12.8. The average molecular weight is 526 g/mol. The van der Waals surface area contributed by atoms with Crippen LogP contribution >= 0.6 is 0 Å². The van der Waals surface area contributed by atoms with Crippen molar-refractivity contribution in [2.75, 3.05) is 56.0 Å². The molecule has 2 saturated heterocycles. The monoisotopic (exact) mass is 525 g/mol.